The number of carbonyl (C=O) groups is 2. The van der Waals surface area contributed by atoms with Crippen molar-refractivity contribution < 1.29 is 19.1 Å². The number of piperidine rings is 1. The van der Waals surface area contributed by atoms with Crippen LogP contribution in [0.2, 0.25) is 0 Å². The number of ether oxygens (including phenoxy) is 2. The standard InChI is InChI=1S/C21H26N4O5S/c22-19(27)13-5-8-24(9-6-13)18(26)4-2-1-3-7-25-20(28)14-10-16-17(30-12-29-16)11-15(14)23-21(25)31/h10-11,13H,1-9,12H2,(H2,22,27)(H,23,31). The van der Waals surface area contributed by atoms with Crippen LogP contribution in [0.15, 0.2) is 16.9 Å². The molecule has 3 N–H and O–H groups in total. The number of nitrogens with two attached hydrogens (primary N) is 1. The van der Waals surface area contributed by atoms with Crippen LogP contribution in [0.4, 0.5) is 0 Å². The van der Waals surface area contributed by atoms with Crippen molar-refractivity contribution in [2.75, 3.05) is 19.9 Å². The number of nitrogens with zero attached hydrogens (tertiary/aromatic N) is 2. The highest BCUT2D eigenvalue weighted by Crippen LogP contribution is 2.34. The third-order valence-electron chi connectivity index (χ3n) is 6.00. The summed E-state index contributed by atoms with van der Waals surface area (Å²) in [5.41, 5.74) is 5.80. The molecule has 3 heterocycles. The molecular formula is C21H26N4O5S. The van der Waals surface area contributed by atoms with E-state index in [1.807, 2.05) is 4.90 Å². The van der Waals surface area contributed by atoms with Gasteiger partial charge in [-0.15, -0.1) is 0 Å². The maximum Gasteiger partial charge on any atom is 0.262 e. The Bertz CT molecular complexity index is 1120. The highest BCUT2D eigenvalue weighted by Gasteiger charge is 2.25. The van der Waals surface area contributed by atoms with Gasteiger partial charge in [0.25, 0.3) is 5.56 Å². The van der Waals surface area contributed by atoms with Gasteiger partial charge in [-0.05, 0) is 44.0 Å². The summed E-state index contributed by atoms with van der Waals surface area (Å²) < 4.78 is 12.6. The number of aromatic nitrogens is 2. The predicted octanol–water partition coefficient (Wildman–Crippen LogP) is 2.07. The first-order valence-corrected chi connectivity index (χ1v) is 11.0. The second kappa shape index (κ2) is 9.09. The number of carbonyl (C=O) groups excluding carboxylic acids is 2. The van der Waals surface area contributed by atoms with E-state index in [-0.39, 0.29) is 30.1 Å². The molecule has 2 aromatic rings. The van der Waals surface area contributed by atoms with Crippen molar-refractivity contribution in [2.24, 2.45) is 11.7 Å². The Balaban J connectivity index is 1.29. The zero-order chi connectivity index (χ0) is 22.0. The maximum absolute atomic E-state index is 12.9. The third kappa shape index (κ3) is 4.58. The summed E-state index contributed by atoms with van der Waals surface area (Å²) in [5.74, 6) is 0.867. The fourth-order valence-electron chi connectivity index (χ4n) is 4.14. The molecule has 2 aliphatic heterocycles. The van der Waals surface area contributed by atoms with E-state index in [0.29, 0.717) is 66.1 Å². The SMILES string of the molecule is NC(=O)C1CCN(C(=O)CCCCCn2c(=S)[nH]c3cc4c(cc3c2=O)OCO4)CC1. The molecule has 1 saturated heterocycles. The van der Waals surface area contributed by atoms with Crippen LogP contribution in [0.3, 0.4) is 0 Å². The summed E-state index contributed by atoms with van der Waals surface area (Å²) in [7, 11) is 0. The fraction of sp³-hybridized carbons (Fsp3) is 0.524. The lowest BCUT2D eigenvalue weighted by atomic mass is 9.96. The van der Waals surface area contributed by atoms with Crippen LogP contribution >= 0.6 is 12.2 Å². The van der Waals surface area contributed by atoms with Gasteiger partial charge in [-0.2, -0.15) is 0 Å². The molecular weight excluding hydrogens is 420 g/mol. The van der Waals surface area contributed by atoms with Crippen LogP contribution in [0, 0.1) is 10.7 Å². The molecule has 0 unspecified atom stereocenters. The van der Waals surface area contributed by atoms with Crippen molar-refractivity contribution in [3.05, 3.63) is 27.3 Å². The second-order valence-electron chi connectivity index (χ2n) is 8.01. The number of amides is 2. The molecule has 0 spiro atoms. The number of fused-ring (bicyclic) bond motifs is 2. The van der Waals surface area contributed by atoms with Crippen molar-refractivity contribution in [3.8, 4) is 11.5 Å². The lowest BCUT2D eigenvalue weighted by Gasteiger charge is -2.30. The van der Waals surface area contributed by atoms with Gasteiger partial charge in [-0.1, -0.05) is 6.42 Å². The Kier molecular flexibility index (Phi) is 6.26. The lowest BCUT2D eigenvalue weighted by molar-refractivity contribution is -0.135. The number of nitrogens with one attached hydrogen (secondary N) is 1. The normalized spacial score (nSPS) is 16.1. The van der Waals surface area contributed by atoms with Crippen LogP contribution in [0.5, 0.6) is 11.5 Å². The zero-order valence-electron chi connectivity index (χ0n) is 17.2. The van der Waals surface area contributed by atoms with E-state index in [1.54, 1.807) is 16.7 Å². The Labute approximate surface area is 184 Å². The quantitative estimate of drug-likeness (QED) is 0.496. The molecule has 0 atom stereocenters. The van der Waals surface area contributed by atoms with E-state index in [1.165, 1.54) is 0 Å². The average Bonchev–Trinajstić information content (AvgIpc) is 3.21. The minimum absolute atomic E-state index is 0.110. The Morgan fingerprint density at radius 2 is 1.84 bits per heavy atom. The Morgan fingerprint density at radius 3 is 2.55 bits per heavy atom. The summed E-state index contributed by atoms with van der Waals surface area (Å²) >= 11 is 5.37. The summed E-state index contributed by atoms with van der Waals surface area (Å²) in [6.07, 6.45) is 4.04. The number of likely N-dealkylation sites (tertiary alicyclic amines) is 1. The minimum Gasteiger partial charge on any atom is -0.454 e. The van der Waals surface area contributed by atoms with Crippen LogP contribution in [-0.4, -0.2) is 46.1 Å². The Morgan fingerprint density at radius 1 is 1.13 bits per heavy atom. The molecule has 2 aliphatic rings. The number of primary amides is 1. The summed E-state index contributed by atoms with van der Waals surface area (Å²) in [5, 5.41) is 0.507. The van der Waals surface area contributed by atoms with Gasteiger partial charge in [0.2, 0.25) is 18.6 Å². The van der Waals surface area contributed by atoms with Crippen LogP contribution < -0.4 is 20.8 Å². The third-order valence-corrected chi connectivity index (χ3v) is 6.32. The van der Waals surface area contributed by atoms with Crippen molar-refractivity contribution in [1.82, 2.24) is 14.5 Å². The van der Waals surface area contributed by atoms with Gasteiger partial charge in [0.05, 0.1) is 10.9 Å². The van der Waals surface area contributed by atoms with Crippen molar-refractivity contribution in [2.45, 2.75) is 45.1 Å². The summed E-state index contributed by atoms with van der Waals surface area (Å²) in [6.45, 7) is 1.80. The molecule has 2 amide bonds. The van der Waals surface area contributed by atoms with Gasteiger partial charge >= 0.3 is 0 Å². The first-order valence-electron chi connectivity index (χ1n) is 10.6. The number of benzene rings is 1. The number of hydrogen-bond donors (Lipinski definition) is 2. The molecule has 0 radical (unpaired) electrons. The van der Waals surface area contributed by atoms with Crippen molar-refractivity contribution in [3.63, 3.8) is 0 Å². The van der Waals surface area contributed by atoms with E-state index >= 15 is 0 Å². The Hall–Kier alpha value is -2.88. The summed E-state index contributed by atoms with van der Waals surface area (Å²) in [4.78, 5) is 41.4. The van der Waals surface area contributed by atoms with E-state index in [9.17, 15) is 14.4 Å². The van der Waals surface area contributed by atoms with Crippen molar-refractivity contribution >= 4 is 34.9 Å². The van der Waals surface area contributed by atoms with Gasteiger partial charge in [0, 0.05) is 38.0 Å². The molecule has 0 bridgehead atoms. The molecule has 31 heavy (non-hydrogen) atoms. The van der Waals surface area contributed by atoms with Gasteiger partial charge in [-0.25, -0.2) is 0 Å². The molecule has 9 nitrogen and oxygen atoms in total. The van der Waals surface area contributed by atoms with E-state index in [2.05, 4.69) is 4.98 Å². The maximum atomic E-state index is 12.9. The predicted molar refractivity (Wildman–Crippen MR) is 116 cm³/mol. The van der Waals surface area contributed by atoms with E-state index in [4.69, 9.17) is 27.4 Å². The molecule has 4 rings (SSSR count). The summed E-state index contributed by atoms with van der Waals surface area (Å²) in [6, 6.07) is 3.42. The smallest absolute Gasteiger partial charge is 0.262 e. The highest BCUT2D eigenvalue weighted by molar-refractivity contribution is 7.71. The van der Waals surface area contributed by atoms with E-state index < -0.39 is 0 Å². The van der Waals surface area contributed by atoms with Gasteiger partial charge in [0.15, 0.2) is 16.3 Å². The van der Waals surface area contributed by atoms with Crippen molar-refractivity contribution in [1.29, 1.82) is 0 Å². The van der Waals surface area contributed by atoms with Gasteiger partial charge < -0.3 is 25.1 Å². The fourth-order valence-corrected chi connectivity index (χ4v) is 4.42. The molecule has 0 aliphatic carbocycles. The molecule has 10 heteroatoms. The number of hydrogen-bond acceptors (Lipinski definition) is 6. The van der Waals surface area contributed by atoms with Crippen LogP contribution in [-0.2, 0) is 16.1 Å². The lowest BCUT2D eigenvalue weighted by Crippen LogP contribution is -2.41. The first-order chi connectivity index (χ1) is 14.9. The number of rotatable bonds is 7. The highest BCUT2D eigenvalue weighted by atomic mass is 32.1. The van der Waals surface area contributed by atoms with E-state index in [0.717, 1.165) is 19.3 Å². The second-order valence-corrected chi connectivity index (χ2v) is 8.39. The monoisotopic (exact) mass is 446 g/mol. The zero-order valence-corrected chi connectivity index (χ0v) is 18.0. The number of aromatic amines is 1. The number of unbranched alkanes of at least 4 members (excludes halogenated alkanes) is 2. The average molecular weight is 447 g/mol. The molecule has 166 valence electrons. The minimum atomic E-state index is -0.278. The number of H-pyrrole nitrogens is 1. The topological polar surface area (TPSA) is 120 Å². The van der Waals surface area contributed by atoms with Gasteiger partial charge in [0.1, 0.15) is 0 Å². The molecule has 1 fully saturated rings. The first kappa shape index (κ1) is 21.4. The molecule has 1 aromatic heterocycles. The van der Waals surface area contributed by atoms with Crippen LogP contribution in [0.1, 0.15) is 38.5 Å². The molecule has 1 aromatic carbocycles. The largest absolute Gasteiger partial charge is 0.454 e. The molecule has 0 saturated carbocycles. The van der Waals surface area contributed by atoms with Gasteiger partial charge in [-0.3, -0.25) is 19.0 Å². The van der Waals surface area contributed by atoms with Crippen LogP contribution in [0.25, 0.3) is 10.9 Å².